The maximum absolute atomic E-state index is 9.96. The monoisotopic (exact) mass is 187 g/mol. The molecular weight excluding hydrogens is 174 g/mol. The van der Waals surface area contributed by atoms with E-state index >= 15 is 0 Å². The molecule has 1 heterocycles. The van der Waals surface area contributed by atoms with Gasteiger partial charge in [0.25, 0.3) is 0 Å². The number of benzene rings is 1. The van der Waals surface area contributed by atoms with Gasteiger partial charge in [0.2, 0.25) is 0 Å². The molecule has 0 saturated heterocycles. The number of aliphatic imine (C=N–C) groups is 1. The van der Waals surface area contributed by atoms with Crippen molar-refractivity contribution >= 4 is 6.21 Å². The molecule has 1 N–H and O–H groups in total. The van der Waals surface area contributed by atoms with Gasteiger partial charge in [-0.1, -0.05) is 35.9 Å². The van der Waals surface area contributed by atoms with E-state index in [0.717, 1.165) is 23.2 Å². The van der Waals surface area contributed by atoms with Gasteiger partial charge in [0.1, 0.15) is 6.10 Å². The highest BCUT2D eigenvalue weighted by molar-refractivity contribution is 5.65. The topological polar surface area (TPSA) is 32.6 Å². The fraction of sp³-hybridized carbons (Fsp3) is 0.250. The summed E-state index contributed by atoms with van der Waals surface area (Å²) in [6.07, 6.45) is 4.02. The summed E-state index contributed by atoms with van der Waals surface area (Å²) in [5.41, 5.74) is 2.83. The van der Waals surface area contributed by atoms with Gasteiger partial charge in [-0.05, 0) is 12.5 Å². The van der Waals surface area contributed by atoms with E-state index in [-0.39, 0.29) is 0 Å². The summed E-state index contributed by atoms with van der Waals surface area (Å²) in [6, 6.07) is 7.88. The number of allylic oxidation sites excluding steroid dienone is 1. The SMILES string of the molecule is Cc1cccc(C(O)C2=CCC=N2)c1. The molecule has 1 aliphatic rings. The Balaban J connectivity index is 2.26. The Bertz CT molecular complexity index is 393. The molecule has 0 amide bonds. The van der Waals surface area contributed by atoms with Gasteiger partial charge in [-0.2, -0.15) is 0 Å². The molecule has 0 radical (unpaired) electrons. The van der Waals surface area contributed by atoms with Crippen LogP contribution in [0.3, 0.4) is 0 Å². The highest BCUT2D eigenvalue weighted by Gasteiger charge is 2.13. The summed E-state index contributed by atoms with van der Waals surface area (Å²) in [4.78, 5) is 4.13. The van der Waals surface area contributed by atoms with Crippen LogP contribution in [0.5, 0.6) is 0 Å². The molecule has 2 nitrogen and oxygen atoms in total. The molecule has 72 valence electrons. The van der Waals surface area contributed by atoms with E-state index in [1.165, 1.54) is 0 Å². The van der Waals surface area contributed by atoms with Crippen LogP contribution >= 0.6 is 0 Å². The van der Waals surface area contributed by atoms with Crippen molar-refractivity contribution in [2.75, 3.05) is 0 Å². The molecule has 1 aliphatic heterocycles. The van der Waals surface area contributed by atoms with Crippen LogP contribution in [-0.2, 0) is 0 Å². The molecule has 0 bridgehead atoms. The molecule has 1 atom stereocenters. The van der Waals surface area contributed by atoms with Gasteiger partial charge in [0.15, 0.2) is 0 Å². The van der Waals surface area contributed by atoms with Crippen molar-refractivity contribution in [1.82, 2.24) is 0 Å². The summed E-state index contributed by atoms with van der Waals surface area (Å²) in [6.45, 7) is 2.02. The molecule has 1 aromatic rings. The van der Waals surface area contributed by atoms with E-state index in [1.807, 2.05) is 43.5 Å². The van der Waals surface area contributed by atoms with Crippen molar-refractivity contribution in [3.63, 3.8) is 0 Å². The number of aliphatic hydroxyl groups excluding tert-OH is 1. The second-order valence-corrected chi connectivity index (χ2v) is 3.49. The second kappa shape index (κ2) is 3.76. The fourth-order valence-corrected chi connectivity index (χ4v) is 1.58. The van der Waals surface area contributed by atoms with Gasteiger partial charge in [-0.3, -0.25) is 4.99 Å². The predicted octanol–water partition coefficient (Wildman–Crippen LogP) is 2.39. The van der Waals surface area contributed by atoms with E-state index in [1.54, 1.807) is 0 Å². The van der Waals surface area contributed by atoms with Crippen LogP contribution in [-0.4, -0.2) is 11.3 Å². The van der Waals surface area contributed by atoms with Gasteiger partial charge in [0, 0.05) is 12.6 Å². The highest BCUT2D eigenvalue weighted by Crippen LogP contribution is 2.25. The van der Waals surface area contributed by atoms with E-state index in [4.69, 9.17) is 0 Å². The highest BCUT2D eigenvalue weighted by atomic mass is 16.3. The number of aliphatic hydroxyl groups is 1. The molecule has 0 spiro atoms. The van der Waals surface area contributed by atoms with Gasteiger partial charge in [0.05, 0.1) is 5.70 Å². The average molecular weight is 187 g/mol. The largest absolute Gasteiger partial charge is 0.382 e. The third-order valence-electron chi connectivity index (χ3n) is 2.31. The molecular formula is C12H13NO. The Morgan fingerprint density at radius 1 is 1.43 bits per heavy atom. The van der Waals surface area contributed by atoms with Crippen LogP contribution < -0.4 is 0 Å². The maximum Gasteiger partial charge on any atom is 0.121 e. The van der Waals surface area contributed by atoms with Gasteiger partial charge in [-0.15, -0.1) is 0 Å². The zero-order valence-electron chi connectivity index (χ0n) is 8.14. The van der Waals surface area contributed by atoms with Crippen molar-refractivity contribution in [3.05, 3.63) is 47.2 Å². The first-order valence-electron chi connectivity index (χ1n) is 4.74. The normalized spacial score (nSPS) is 16.9. The first kappa shape index (κ1) is 9.16. The summed E-state index contributed by atoms with van der Waals surface area (Å²) in [7, 11) is 0. The molecule has 14 heavy (non-hydrogen) atoms. The van der Waals surface area contributed by atoms with E-state index < -0.39 is 6.10 Å². The van der Waals surface area contributed by atoms with Gasteiger partial charge in [-0.25, -0.2) is 0 Å². The average Bonchev–Trinajstić information content (AvgIpc) is 2.69. The Labute approximate surface area is 83.6 Å². The summed E-state index contributed by atoms with van der Waals surface area (Å²) in [5, 5.41) is 9.96. The van der Waals surface area contributed by atoms with E-state index in [9.17, 15) is 5.11 Å². The number of hydrogen-bond donors (Lipinski definition) is 1. The van der Waals surface area contributed by atoms with Gasteiger partial charge < -0.3 is 5.11 Å². The number of nitrogens with zero attached hydrogens (tertiary/aromatic N) is 1. The van der Waals surface area contributed by atoms with Crippen molar-refractivity contribution in [1.29, 1.82) is 0 Å². The first-order chi connectivity index (χ1) is 6.77. The Morgan fingerprint density at radius 2 is 2.29 bits per heavy atom. The van der Waals surface area contributed by atoms with Crippen LogP contribution in [0.25, 0.3) is 0 Å². The van der Waals surface area contributed by atoms with Crippen molar-refractivity contribution < 1.29 is 5.11 Å². The minimum atomic E-state index is -0.575. The van der Waals surface area contributed by atoms with Crippen LogP contribution in [0.2, 0.25) is 0 Å². The third kappa shape index (κ3) is 1.75. The lowest BCUT2D eigenvalue weighted by Crippen LogP contribution is -1.98. The lowest BCUT2D eigenvalue weighted by atomic mass is 10.0. The maximum atomic E-state index is 9.96. The Kier molecular flexibility index (Phi) is 2.46. The quantitative estimate of drug-likeness (QED) is 0.757. The molecule has 0 fully saturated rings. The Hall–Kier alpha value is -1.41. The summed E-state index contributed by atoms with van der Waals surface area (Å²) >= 11 is 0. The number of rotatable bonds is 2. The molecule has 0 aliphatic carbocycles. The standard InChI is InChI=1S/C12H13NO/c1-9-4-2-5-10(8-9)12(14)11-6-3-7-13-11/h2,4-8,12,14H,3H2,1H3. The zero-order valence-corrected chi connectivity index (χ0v) is 8.14. The number of aryl methyl sites for hydroxylation is 1. The predicted molar refractivity (Wildman–Crippen MR) is 57.3 cm³/mol. The van der Waals surface area contributed by atoms with Crippen LogP contribution in [0.15, 0.2) is 41.0 Å². The first-order valence-corrected chi connectivity index (χ1v) is 4.74. The van der Waals surface area contributed by atoms with Crippen LogP contribution in [0.4, 0.5) is 0 Å². The molecule has 0 saturated carbocycles. The van der Waals surface area contributed by atoms with E-state index in [0.29, 0.717) is 0 Å². The zero-order chi connectivity index (χ0) is 9.97. The van der Waals surface area contributed by atoms with E-state index in [2.05, 4.69) is 4.99 Å². The fourth-order valence-electron chi connectivity index (χ4n) is 1.58. The molecule has 0 aromatic heterocycles. The third-order valence-corrected chi connectivity index (χ3v) is 2.31. The molecule has 1 unspecified atom stereocenters. The van der Waals surface area contributed by atoms with Crippen LogP contribution in [0, 0.1) is 6.92 Å². The lowest BCUT2D eigenvalue weighted by molar-refractivity contribution is 0.214. The minimum Gasteiger partial charge on any atom is -0.382 e. The minimum absolute atomic E-state index is 0.575. The van der Waals surface area contributed by atoms with Crippen molar-refractivity contribution in [3.8, 4) is 0 Å². The molecule has 2 rings (SSSR count). The smallest absolute Gasteiger partial charge is 0.121 e. The second-order valence-electron chi connectivity index (χ2n) is 3.49. The van der Waals surface area contributed by atoms with Gasteiger partial charge >= 0.3 is 0 Å². The molecule has 1 aromatic carbocycles. The van der Waals surface area contributed by atoms with Crippen molar-refractivity contribution in [2.45, 2.75) is 19.4 Å². The summed E-state index contributed by atoms with van der Waals surface area (Å²) < 4.78 is 0. The number of hydrogen-bond acceptors (Lipinski definition) is 2. The lowest BCUT2D eigenvalue weighted by Gasteiger charge is -2.10. The van der Waals surface area contributed by atoms with Crippen molar-refractivity contribution in [2.24, 2.45) is 4.99 Å². The molecule has 2 heteroatoms. The Morgan fingerprint density at radius 3 is 2.93 bits per heavy atom. The summed E-state index contributed by atoms with van der Waals surface area (Å²) in [5.74, 6) is 0. The van der Waals surface area contributed by atoms with Crippen LogP contribution in [0.1, 0.15) is 23.7 Å².